The van der Waals surface area contributed by atoms with E-state index < -0.39 is 6.10 Å². The van der Waals surface area contributed by atoms with Crippen LogP contribution in [-0.4, -0.2) is 37.2 Å². The molecule has 0 amide bonds. The fourth-order valence-corrected chi connectivity index (χ4v) is 10.1. The van der Waals surface area contributed by atoms with E-state index in [1.807, 2.05) is 0 Å². The Labute approximate surface area is 491 Å². The summed E-state index contributed by atoms with van der Waals surface area (Å²) in [6, 6.07) is 0. The summed E-state index contributed by atoms with van der Waals surface area (Å²) in [7, 11) is 0. The van der Waals surface area contributed by atoms with Crippen molar-refractivity contribution in [2.75, 3.05) is 13.2 Å². The molecule has 0 fully saturated rings. The van der Waals surface area contributed by atoms with Crippen LogP contribution in [0.4, 0.5) is 0 Å². The summed E-state index contributed by atoms with van der Waals surface area (Å²) in [5.74, 6) is -0.860. The fraction of sp³-hybridized carbons (Fsp3) is 0.795. The Kier molecular flexibility index (Phi) is 64.7. The predicted molar refractivity (Wildman–Crippen MR) is 344 cm³/mol. The first-order chi connectivity index (χ1) is 39.0. The first-order valence-corrected chi connectivity index (χ1v) is 34.4. The highest BCUT2D eigenvalue weighted by atomic mass is 16.6. The lowest BCUT2D eigenvalue weighted by molar-refractivity contribution is -0.167. The highest BCUT2D eigenvalue weighted by molar-refractivity contribution is 5.71. The third-order valence-corrected chi connectivity index (χ3v) is 15.2. The molecule has 0 aliphatic rings. The molecular formula is C73H130O6. The topological polar surface area (TPSA) is 78.9 Å². The van der Waals surface area contributed by atoms with Crippen molar-refractivity contribution < 1.29 is 28.6 Å². The Bertz CT molecular complexity index is 1450. The van der Waals surface area contributed by atoms with Crippen LogP contribution in [0, 0.1) is 0 Å². The van der Waals surface area contributed by atoms with E-state index in [-0.39, 0.29) is 31.1 Å². The molecule has 0 radical (unpaired) electrons. The van der Waals surface area contributed by atoms with Crippen molar-refractivity contribution in [1.82, 2.24) is 0 Å². The van der Waals surface area contributed by atoms with Gasteiger partial charge >= 0.3 is 17.9 Å². The van der Waals surface area contributed by atoms with E-state index >= 15 is 0 Å². The number of allylic oxidation sites excluding steroid dienone is 12. The molecule has 6 nitrogen and oxygen atoms in total. The molecule has 0 bridgehead atoms. The van der Waals surface area contributed by atoms with Gasteiger partial charge < -0.3 is 14.2 Å². The van der Waals surface area contributed by atoms with Gasteiger partial charge in [0.15, 0.2) is 6.10 Å². The second-order valence-electron chi connectivity index (χ2n) is 23.1. The zero-order valence-corrected chi connectivity index (χ0v) is 52.6. The van der Waals surface area contributed by atoms with Crippen molar-refractivity contribution in [1.29, 1.82) is 0 Å². The second-order valence-corrected chi connectivity index (χ2v) is 23.1. The Balaban J connectivity index is 4.06. The molecule has 0 aliphatic heterocycles. The van der Waals surface area contributed by atoms with Crippen LogP contribution in [0.25, 0.3) is 0 Å². The van der Waals surface area contributed by atoms with Crippen LogP contribution in [0.2, 0.25) is 0 Å². The highest BCUT2D eigenvalue weighted by Crippen LogP contribution is 2.18. The van der Waals surface area contributed by atoms with Gasteiger partial charge in [-0.25, -0.2) is 0 Å². The molecule has 0 aromatic rings. The van der Waals surface area contributed by atoms with E-state index in [1.54, 1.807) is 0 Å². The molecule has 1 unspecified atom stereocenters. The Hall–Kier alpha value is -3.15. The molecule has 6 heteroatoms. The molecule has 0 spiro atoms. The standard InChI is InChI=1S/C73H130O6/c1-4-7-10-13-16-19-22-25-26-27-28-29-30-31-32-33-34-35-36-37-38-39-40-41-42-43-44-45-46-49-51-54-57-60-63-66-72(75)78-69-70(79-73(76)67-64-61-58-55-52-48-24-21-18-15-12-9-6-3)68-77-71(74)65-62-59-56-53-50-47-23-20-17-14-11-8-5-2/h7,10,16,19,21,24-26,28-29,31-32,70H,4-6,8-9,11-15,17-18,20,22-23,27,30,33-69H2,1-3H3/b10-7-,19-16-,24-21-,26-25-,29-28-,32-31-. The first kappa shape index (κ1) is 75.8. The van der Waals surface area contributed by atoms with Crippen LogP contribution in [-0.2, 0) is 28.6 Å². The number of esters is 3. The van der Waals surface area contributed by atoms with E-state index in [9.17, 15) is 14.4 Å². The lowest BCUT2D eigenvalue weighted by Crippen LogP contribution is -2.30. The van der Waals surface area contributed by atoms with E-state index in [2.05, 4.69) is 93.7 Å². The number of carbonyl (C=O) groups excluding carboxylic acids is 3. The van der Waals surface area contributed by atoms with Crippen LogP contribution in [0.1, 0.15) is 355 Å². The molecule has 458 valence electrons. The third-order valence-electron chi connectivity index (χ3n) is 15.2. The maximum Gasteiger partial charge on any atom is 0.306 e. The van der Waals surface area contributed by atoms with Gasteiger partial charge in [0.25, 0.3) is 0 Å². The summed E-state index contributed by atoms with van der Waals surface area (Å²) in [5.41, 5.74) is 0. The Morgan fingerprint density at radius 2 is 0.494 bits per heavy atom. The molecule has 0 aliphatic carbocycles. The van der Waals surface area contributed by atoms with Crippen LogP contribution in [0.5, 0.6) is 0 Å². The minimum atomic E-state index is -0.775. The number of hydrogen-bond donors (Lipinski definition) is 0. The maximum atomic E-state index is 12.9. The van der Waals surface area contributed by atoms with Crippen molar-refractivity contribution in [2.24, 2.45) is 0 Å². The largest absolute Gasteiger partial charge is 0.462 e. The number of unbranched alkanes of at least 4 members (excludes halogenated alkanes) is 40. The number of carbonyl (C=O) groups is 3. The molecule has 0 heterocycles. The Morgan fingerprint density at radius 3 is 0.797 bits per heavy atom. The predicted octanol–water partition coefficient (Wildman–Crippen LogP) is 23.7. The van der Waals surface area contributed by atoms with Gasteiger partial charge in [-0.15, -0.1) is 0 Å². The van der Waals surface area contributed by atoms with Gasteiger partial charge in [0.05, 0.1) is 0 Å². The van der Waals surface area contributed by atoms with E-state index in [0.29, 0.717) is 19.3 Å². The molecule has 0 saturated carbocycles. The molecular weight excluding hydrogens is 973 g/mol. The van der Waals surface area contributed by atoms with E-state index in [1.165, 1.54) is 218 Å². The third kappa shape index (κ3) is 65.5. The summed E-state index contributed by atoms with van der Waals surface area (Å²) in [4.78, 5) is 38.3. The summed E-state index contributed by atoms with van der Waals surface area (Å²) >= 11 is 0. The van der Waals surface area contributed by atoms with Gasteiger partial charge in [-0.1, -0.05) is 318 Å². The van der Waals surface area contributed by atoms with Crippen LogP contribution < -0.4 is 0 Å². The quantitative estimate of drug-likeness (QED) is 0.0261. The van der Waals surface area contributed by atoms with Crippen LogP contribution in [0.15, 0.2) is 72.9 Å². The SMILES string of the molecule is CC/C=C\C/C=C\C/C=C\C/C=C\C/C=C\CCCCCCCCCCCCCCCCCCCCCC(=O)OCC(COC(=O)CCCCCCCCCCCCCCC)OC(=O)CCCCCCC/C=C\CCCCCC. The first-order valence-electron chi connectivity index (χ1n) is 34.4. The number of ether oxygens (including phenoxy) is 3. The van der Waals surface area contributed by atoms with Crippen molar-refractivity contribution >= 4 is 17.9 Å². The smallest absolute Gasteiger partial charge is 0.306 e. The minimum Gasteiger partial charge on any atom is -0.462 e. The summed E-state index contributed by atoms with van der Waals surface area (Å²) < 4.78 is 16.9. The molecule has 0 saturated heterocycles. The van der Waals surface area contributed by atoms with E-state index in [4.69, 9.17) is 14.2 Å². The van der Waals surface area contributed by atoms with E-state index in [0.717, 1.165) is 96.3 Å². The van der Waals surface area contributed by atoms with Crippen LogP contribution >= 0.6 is 0 Å². The van der Waals surface area contributed by atoms with Crippen molar-refractivity contribution in [3.05, 3.63) is 72.9 Å². The molecule has 0 aromatic heterocycles. The van der Waals surface area contributed by atoms with Gasteiger partial charge in [-0.2, -0.15) is 0 Å². The van der Waals surface area contributed by atoms with Crippen LogP contribution in [0.3, 0.4) is 0 Å². The van der Waals surface area contributed by atoms with Gasteiger partial charge in [-0.3, -0.25) is 14.4 Å². The minimum absolute atomic E-state index is 0.0720. The molecule has 0 rings (SSSR count). The van der Waals surface area contributed by atoms with Gasteiger partial charge in [0.2, 0.25) is 0 Å². The maximum absolute atomic E-state index is 12.9. The molecule has 79 heavy (non-hydrogen) atoms. The average Bonchev–Trinajstić information content (AvgIpc) is 3.45. The number of rotatable bonds is 63. The fourth-order valence-electron chi connectivity index (χ4n) is 10.1. The molecule has 0 N–H and O–H groups in total. The van der Waals surface area contributed by atoms with Gasteiger partial charge in [0.1, 0.15) is 13.2 Å². The summed E-state index contributed by atoms with van der Waals surface area (Å²) in [5, 5.41) is 0. The average molecular weight is 1100 g/mol. The zero-order chi connectivity index (χ0) is 57.1. The lowest BCUT2D eigenvalue weighted by Gasteiger charge is -2.18. The Morgan fingerprint density at radius 1 is 0.266 bits per heavy atom. The normalized spacial score (nSPS) is 12.5. The van der Waals surface area contributed by atoms with Crippen molar-refractivity contribution in [3.63, 3.8) is 0 Å². The summed E-state index contributed by atoms with van der Waals surface area (Å²) in [6.45, 7) is 6.55. The highest BCUT2D eigenvalue weighted by Gasteiger charge is 2.19. The summed E-state index contributed by atoms with van der Waals surface area (Å²) in [6.07, 6.45) is 88.0. The zero-order valence-electron chi connectivity index (χ0n) is 52.6. The van der Waals surface area contributed by atoms with Gasteiger partial charge in [-0.05, 0) is 89.9 Å². The molecule has 1 atom stereocenters. The van der Waals surface area contributed by atoms with Gasteiger partial charge in [0, 0.05) is 19.3 Å². The van der Waals surface area contributed by atoms with Crippen molar-refractivity contribution in [3.8, 4) is 0 Å². The second kappa shape index (κ2) is 67.4. The molecule has 0 aromatic carbocycles. The van der Waals surface area contributed by atoms with Crippen molar-refractivity contribution in [2.45, 2.75) is 361 Å². The monoisotopic (exact) mass is 1100 g/mol. The number of hydrogen-bond acceptors (Lipinski definition) is 6. The lowest BCUT2D eigenvalue weighted by atomic mass is 10.0.